The summed E-state index contributed by atoms with van der Waals surface area (Å²) in [6.07, 6.45) is 0.257. The predicted octanol–water partition coefficient (Wildman–Crippen LogP) is 2.04. The number of aromatic carboxylic acids is 1. The number of rotatable bonds is 2. The number of benzene rings is 1. The van der Waals surface area contributed by atoms with E-state index in [1.165, 1.54) is 11.0 Å². The van der Waals surface area contributed by atoms with Crippen molar-refractivity contribution in [2.24, 2.45) is 0 Å². The van der Waals surface area contributed by atoms with Crippen molar-refractivity contribution in [1.29, 1.82) is 0 Å². The van der Waals surface area contributed by atoms with Gasteiger partial charge in [0.25, 0.3) is 5.91 Å². The zero-order valence-electron chi connectivity index (χ0n) is 13.9. The van der Waals surface area contributed by atoms with Crippen LogP contribution in [0.3, 0.4) is 0 Å². The number of aromatic nitrogens is 1. The number of halogens is 1. The summed E-state index contributed by atoms with van der Waals surface area (Å²) in [4.78, 5) is 28.6. The van der Waals surface area contributed by atoms with E-state index >= 15 is 0 Å². The minimum atomic E-state index is -1.67. The van der Waals surface area contributed by atoms with Crippen molar-refractivity contribution < 1.29 is 19.8 Å². The van der Waals surface area contributed by atoms with Gasteiger partial charge in [-0.05, 0) is 24.3 Å². The standard InChI is InChI=1S/C19H15ClN2O4/c1-22-8-7-19(26,18(22)25)6-5-12-3-2-4-13(9-12)15-10-14(20)11-16(21-15)17(23)24/h2-4,9-11,26H,7-8H2,1H3,(H,23,24)/t19-/m0/s1. The van der Waals surface area contributed by atoms with Gasteiger partial charge in [-0.3, -0.25) is 4.79 Å². The van der Waals surface area contributed by atoms with Crippen LogP contribution in [-0.2, 0) is 4.79 Å². The summed E-state index contributed by atoms with van der Waals surface area (Å²) in [5, 5.41) is 19.7. The zero-order chi connectivity index (χ0) is 18.9. The predicted molar refractivity (Wildman–Crippen MR) is 95.7 cm³/mol. The molecule has 0 radical (unpaired) electrons. The van der Waals surface area contributed by atoms with Gasteiger partial charge in [0.2, 0.25) is 5.60 Å². The summed E-state index contributed by atoms with van der Waals surface area (Å²) < 4.78 is 0. The Hall–Kier alpha value is -2.88. The van der Waals surface area contributed by atoms with E-state index in [2.05, 4.69) is 16.8 Å². The molecular weight excluding hydrogens is 356 g/mol. The quantitative estimate of drug-likeness (QED) is 0.789. The summed E-state index contributed by atoms with van der Waals surface area (Å²) >= 11 is 5.97. The fraction of sp³-hybridized carbons (Fsp3) is 0.211. The van der Waals surface area contributed by atoms with Crippen LogP contribution in [0.2, 0.25) is 5.02 Å². The Balaban J connectivity index is 1.95. The maximum Gasteiger partial charge on any atom is 0.354 e. The fourth-order valence-corrected chi connectivity index (χ4v) is 2.86. The molecule has 0 bridgehead atoms. The molecule has 26 heavy (non-hydrogen) atoms. The molecule has 1 aromatic heterocycles. The van der Waals surface area contributed by atoms with Crippen molar-refractivity contribution in [2.75, 3.05) is 13.6 Å². The summed E-state index contributed by atoms with van der Waals surface area (Å²) in [6.45, 7) is 0.453. The third kappa shape index (κ3) is 3.54. The molecular formula is C19H15ClN2O4. The zero-order valence-corrected chi connectivity index (χ0v) is 14.6. The molecule has 2 N–H and O–H groups in total. The molecule has 2 aromatic rings. The molecule has 0 saturated carbocycles. The van der Waals surface area contributed by atoms with Crippen molar-refractivity contribution in [3.05, 3.63) is 52.7 Å². The number of aliphatic hydroxyl groups is 1. The average molecular weight is 371 g/mol. The van der Waals surface area contributed by atoms with Gasteiger partial charge < -0.3 is 15.1 Å². The van der Waals surface area contributed by atoms with Crippen LogP contribution in [0.15, 0.2) is 36.4 Å². The van der Waals surface area contributed by atoms with E-state index in [9.17, 15) is 14.7 Å². The minimum Gasteiger partial charge on any atom is -0.477 e. The maximum atomic E-state index is 12.0. The van der Waals surface area contributed by atoms with Crippen LogP contribution in [0, 0.1) is 11.8 Å². The molecule has 0 aliphatic carbocycles. The first kappa shape index (κ1) is 17.9. The second-order valence-electron chi connectivity index (χ2n) is 6.03. The Bertz CT molecular complexity index is 963. The smallest absolute Gasteiger partial charge is 0.354 e. The number of carboxylic acids is 1. The van der Waals surface area contributed by atoms with Gasteiger partial charge >= 0.3 is 5.97 Å². The summed E-state index contributed by atoms with van der Waals surface area (Å²) in [5.74, 6) is 3.88. The second kappa shape index (κ2) is 6.79. The largest absolute Gasteiger partial charge is 0.477 e. The third-order valence-corrected chi connectivity index (χ3v) is 4.31. The van der Waals surface area contributed by atoms with Gasteiger partial charge in [0.1, 0.15) is 5.69 Å². The van der Waals surface area contributed by atoms with Crippen LogP contribution < -0.4 is 0 Å². The van der Waals surface area contributed by atoms with Gasteiger partial charge in [0.05, 0.1) is 5.69 Å². The molecule has 1 atom stereocenters. The van der Waals surface area contributed by atoms with Crippen molar-refractivity contribution >= 4 is 23.5 Å². The normalized spacial score (nSPS) is 19.2. The topological polar surface area (TPSA) is 90.7 Å². The molecule has 1 aliphatic rings. The van der Waals surface area contributed by atoms with E-state index in [0.717, 1.165) is 0 Å². The van der Waals surface area contributed by atoms with E-state index in [1.807, 2.05) is 0 Å². The van der Waals surface area contributed by atoms with Gasteiger partial charge in [-0.2, -0.15) is 0 Å². The highest BCUT2D eigenvalue weighted by Crippen LogP contribution is 2.24. The lowest BCUT2D eigenvalue weighted by atomic mass is 10.0. The molecule has 1 fully saturated rings. The SMILES string of the molecule is CN1CC[C@@](O)(C#Cc2cccc(-c3cc(Cl)cc(C(=O)O)n3)c2)C1=O. The number of carboxylic acid groups (broad SMARTS) is 1. The number of amides is 1. The van der Waals surface area contributed by atoms with E-state index in [0.29, 0.717) is 23.4 Å². The third-order valence-electron chi connectivity index (χ3n) is 4.09. The number of carbonyl (C=O) groups is 2. The van der Waals surface area contributed by atoms with E-state index < -0.39 is 17.5 Å². The first-order valence-corrected chi connectivity index (χ1v) is 8.19. The van der Waals surface area contributed by atoms with Crippen molar-refractivity contribution in [2.45, 2.75) is 12.0 Å². The Morgan fingerprint density at radius 3 is 2.77 bits per heavy atom. The Morgan fingerprint density at radius 1 is 1.35 bits per heavy atom. The second-order valence-corrected chi connectivity index (χ2v) is 6.47. The summed E-state index contributed by atoms with van der Waals surface area (Å²) in [6, 6.07) is 9.74. The number of pyridine rings is 1. The van der Waals surface area contributed by atoms with Crippen LogP contribution in [0.4, 0.5) is 0 Å². The van der Waals surface area contributed by atoms with Crippen molar-refractivity contribution in [1.82, 2.24) is 9.88 Å². The lowest BCUT2D eigenvalue weighted by Crippen LogP contribution is -2.37. The molecule has 7 heteroatoms. The lowest BCUT2D eigenvalue weighted by Gasteiger charge is -2.13. The van der Waals surface area contributed by atoms with Crippen LogP contribution in [0.25, 0.3) is 11.3 Å². The molecule has 1 saturated heterocycles. The maximum absolute atomic E-state index is 12.0. The van der Waals surface area contributed by atoms with Gasteiger partial charge in [0.15, 0.2) is 0 Å². The number of carbonyl (C=O) groups excluding carboxylic acids is 1. The van der Waals surface area contributed by atoms with Gasteiger partial charge in [-0.1, -0.05) is 35.6 Å². The Labute approximate surface area is 155 Å². The van der Waals surface area contributed by atoms with Crippen LogP contribution in [0.1, 0.15) is 22.5 Å². The molecule has 1 amide bonds. The van der Waals surface area contributed by atoms with E-state index in [1.54, 1.807) is 37.4 Å². The van der Waals surface area contributed by atoms with Crippen LogP contribution in [-0.4, -0.2) is 51.2 Å². The van der Waals surface area contributed by atoms with Gasteiger partial charge in [-0.15, -0.1) is 0 Å². The molecule has 1 aromatic carbocycles. The number of hydrogen-bond donors (Lipinski definition) is 2. The first-order chi connectivity index (χ1) is 12.3. The summed E-state index contributed by atoms with van der Waals surface area (Å²) in [5.41, 5.74) is -0.234. The van der Waals surface area contributed by atoms with Gasteiger partial charge in [0, 0.05) is 36.2 Å². The molecule has 132 valence electrons. The highest BCUT2D eigenvalue weighted by Gasteiger charge is 2.42. The van der Waals surface area contributed by atoms with Crippen molar-refractivity contribution in [3.8, 4) is 23.1 Å². The molecule has 3 rings (SSSR count). The molecule has 6 nitrogen and oxygen atoms in total. The molecule has 0 unspecified atom stereocenters. The fourth-order valence-electron chi connectivity index (χ4n) is 2.66. The lowest BCUT2D eigenvalue weighted by molar-refractivity contribution is -0.137. The van der Waals surface area contributed by atoms with E-state index in [4.69, 9.17) is 16.7 Å². The van der Waals surface area contributed by atoms with Crippen molar-refractivity contribution in [3.63, 3.8) is 0 Å². The Morgan fingerprint density at radius 2 is 2.12 bits per heavy atom. The number of nitrogens with zero attached hydrogens (tertiary/aromatic N) is 2. The van der Waals surface area contributed by atoms with E-state index in [-0.39, 0.29) is 17.1 Å². The first-order valence-electron chi connectivity index (χ1n) is 7.81. The average Bonchev–Trinajstić information content (AvgIpc) is 2.88. The molecule has 1 aliphatic heterocycles. The monoisotopic (exact) mass is 370 g/mol. The molecule has 0 spiro atoms. The number of likely N-dealkylation sites (N-methyl/N-ethyl adjacent to an activating group) is 1. The van der Waals surface area contributed by atoms with Crippen LogP contribution in [0.5, 0.6) is 0 Å². The van der Waals surface area contributed by atoms with Gasteiger partial charge in [-0.25, -0.2) is 9.78 Å². The minimum absolute atomic E-state index is 0.155. The summed E-state index contributed by atoms with van der Waals surface area (Å²) in [7, 11) is 1.62. The highest BCUT2D eigenvalue weighted by atomic mass is 35.5. The molecule has 2 heterocycles. The number of likely N-dealkylation sites (tertiary alicyclic amines) is 1. The number of hydrogen-bond acceptors (Lipinski definition) is 4. The highest BCUT2D eigenvalue weighted by molar-refractivity contribution is 6.31. The van der Waals surface area contributed by atoms with Crippen LogP contribution >= 0.6 is 11.6 Å². The Kier molecular flexibility index (Phi) is 4.68.